The van der Waals surface area contributed by atoms with Crippen LogP contribution in [0.5, 0.6) is 5.75 Å². The van der Waals surface area contributed by atoms with Crippen LogP contribution in [0.25, 0.3) is 0 Å². The third-order valence-corrected chi connectivity index (χ3v) is 3.82. The van der Waals surface area contributed by atoms with Gasteiger partial charge in [-0.1, -0.05) is 12.1 Å². The van der Waals surface area contributed by atoms with Crippen LogP contribution >= 0.6 is 0 Å². The van der Waals surface area contributed by atoms with Crippen molar-refractivity contribution in [2.75, 3.05) is 0 Å². The van der Waals surface area contributed by atoms with E-state index in [1.807, 2.05) is 0 Å². The minimum absolute atomic E-state index is 0.0654. The molecule has 0 amide bonds. The molecule has 0 aromatic heterocycles. The van der Waals surface area contributed by atoms with Crippen molar-refractivity contribution in [1.29, 1.82) is 0 Å². The molecule has 2 N–H and O–H groups in total. The smallest absolute Gasteiger partial charge is 0.238 e. The number of halogens is 1. The number of sulfonamides is 1. The molecule has 0 radical (unpaired) electrons. The van der Waals surface area contributed by atoms with Crippen LogP contribution in [-0.4, -0.2) is 8.42 Å². The first kappa shape index (κ1) is 14.5. The van der Waals surface area contributed by atoms with Gasteiger partial charge < -0.3 is 4.74 Å². The molecule has 2 aromatic carbocycles. The molecule has 0 bridgehead atoms. The summed E-state index contributed by atoms with van der Waals surface area (Å²) in [5.41, 5.74) is 1.20. The number of benzene rings is 2. The summed E-state index contributed by atoms with van der Waals surface area (Å²) in [6.45, 7) is 1.83. The third-order valence-electron chi connectivity index (χ3n) is 2.75. The Balaban J connectivity index is 2.14. The van der Waals surface area contributed by atoms with Crippen molar-refractivity contribution >= 4 is 10.0 Å². The van der Waals surface area contributed by atoms with E-state index in [0.717, 1.165) is 0 Å². The molecule has 0 aliphatic heterocycles. The third kappa shape index (κ3) is 3.55. The fourth-order valence-corrected chi connectivity index (χ4v) is 2.59. The fourth-order valence-electron chi connectivity index (χ4n) is 1.82. The van der Waals surface area contributed by atoms with Gasteiger partial charge in [0.1, 0.15) is 18.2 Å². The van der Waals surface area contributed by atoms with Gasteiger partial charge in [0.25, 0.3) is 0 Å². The SMILES string of the molecule is Cc1cc(OCc2cccc(F)c2)ccc1S(N)(=O)=O. The highest BCUT2D eigenvalue weighted by Crippen LogP contribution is 2.21. The highest BCUT2D eigenvalue weighted by atomic mass is 32.2. The van der Waals surface area contributed by atoms with Crippen LogP contribution in [0, 0.1) is 12.7 Å². The average molecular weight is 295 g/mol. The Morgan fingerprint density at radius 1 is 1.20 bits per heavy atom. The second kappa shape index (κ2) is 5.60. The lowest BCUT2D eigenvalue weighted by molar-refractivity contribution is 0.305. The molecule has 0 unspecified atom stereocenters. The Labute approximate surface area is 117 Å². The second-order valence-corrected chi connectivity index (χ2v) is 5.92. The van der Waals surface area contributed by atoms with Crippen molar-refractivity contribution in [3.8, 4) is 5.75 Å². The first-order valence-corrected chi connectivity index (χ1v) is 7.41. The monoisotopic (exact) mass is 295 g/mol. The molecule has 0 saturated carbocycles. The zero-order chi connectivity index (χ0) is 14.8. The van der Waals surface area contributed by atoms with E-state index in [-0.39, 0.29) is 17.3 Å². The molecule has 0 spiro atoms. The van der Waals surface area contributed by atoms with Crippen molar-refractivity contribution in [2.45, 2.75) is 18.4 Å². The molecule has 2 rings (SSSR count). The number of nitrogens with two attached hydrogens (primary N) is 1. The average Bonchev–Trinajstić information content (AvgIpc) is 2.35. The first-order chi connectivity index (χ1) is 9.36. The lowest BCUT2D eigenvalue weighted by atomic mass is 10.2. The van der Waals surface area contributed by atoms with Gasteiger partial charge in [-0.3, -0.25) is 0 Å². The summed E-state index contributed by atoms with van der Waals surface area (Å²) in [5.74, 6) is 0.172. The van der Waals surface area contributed by atoms with Crippen molar-refractivity contribution in [3.63, 3.8) is 0 Å². The van der Waals surface area contributed by atoms with E-state index in [4.69, 9.17) is 9.88 Å². The maximum Gasteiger partial charge on any atom is 0.238 e. The van der Waals surface area contributed by atoms with Gasteiger partial charge in [-0.15, -0.1) is 0 Å². The van der Waals surface area contributed by atoms with E-state index in [1.165, 1.54) is 24.3 Å². The van der Waals surface area contributed by atoms with Gasteiger partial charge in [0, 0.05) is 0 Å². The molecule has 106 valence electrons. The largest absolute Gasteiger partial charge is 0.489 e. The van der Waals surface area contributed by atoms with Crippen LogP contribution in [-0.2, 0) is 16.6 Å². The summed E-state index contributed by atoms with van der Waals surface area (Å²) in [6.07, 6.45) is 0. The minimum Gasteiger partial charge on any atom is -0.489 e. The number of hydrogen-bond donors (Lipinski definition) is 1. The van der Waals surface area contributed by atoms with E-state index in [9.17, 15) is 12.8 Å². The van der Waals surface area contributed by atoms with Crippen LogP contribution in [0.1, 0.15) is 11.1 Å². The molecule has 0 fully saturated rings. The van der Waals surface area contributed by atoms with Crippen LogP contribution in [0.15, 0.2) is 47.4 Å². The van der Waals surface area contributed by atoms with Crippen LogP contribution in [0.3, 0.4) is 0 Å². The van der Waals surface area contributed by atoms with Gasteiger partial charge in [0.15, 0.2) is 0 Å². The van der Waals surface area contributed by atoms with E-state index in [2.05, 4.69) is 0 Å². The van der Waals surface area contributed by atoms with Gasteiger partial charge >= 0.3 is 0 Å². The zero-order valence-corrected chi connectivity index (χ0v) is 11.7. The lowest BCUT2D eigenvalue weighted by Gasteiger charge is -2.09. The van der Waals surface area contributed by atoms with Gasteiger partial charge in [-0.2, -0.15) is 0 Å². The van der Waals surface area contributed by atoms with Crippen molar-refractivity contribution in [1.82, 2.24) is 0 Å². The molecule has 0 saturated heterocycles. The molecule has 6 heteroatoms. The van der Waals surface area contributed by atoms with E-state index < -0.39 is 10.0 Å². The number of primary sulfonamides is 1. The van der Waals surface area contributed by atoms with Crippen LogP contribution in [0.4, 0.5) is 4.39 Å². The lowest BCUT2D eigenvalue weighted by Crippen LogP contribution is -2.13. The number of ether oxygens (including phenoxy) is 1. The Hall–Kier alpha value is -1.92. The Kier molecular flexibility index (Phi) is 4.06. The predicted molar refractivity (Wildman–Crippen MR) is 73.3 cm³/mol. The Morgan fingerprint density at radius 2 is 1.95 bits per heavy atom. The van der Waals surface area contributed by atoms with Gasteiger partial charge in [-0.25, -0.2) is 17.9 Å². The van der Waals surface area contributed by atoms with Crippen molar-refractivity contribution in [2.24, 2.45) is 5.14 Å². The summed E-state index contributed by atoms with van der Waals surface area (Å²) >= 11 is 0. The van der Waals surface area contributed by atoms with Crippen molar-refractivity contribution in [3.05, 3.63) is 59.4 Å². The van der Waals surface area contributed by atoms with Crippen LogP contribution < -0.4 is 9.88 Å². The standard InChI is InChI=1S/C14H14FNO3S/c1-10-7-13(5-6-14(10)20(16,17)18)19-9-11-3-2-4-12(15)8-11/h2-8H,9H2,1H3,(H2,16,17,18). The number of aryl methyl sites for hydroxylation is 1. The number of rotatable bonds is 4. The highest BCUT2D eigenvalue weighted by molar-refractivity contribution is 7.89. The molecule has 0 aliphatic rings. The topological polar surface area (TPSA) is 69.4 Å². The normalized spacial score (nSPS) is 11.3. The molecule has 2 aromatic rings. The van der Waals surface area contributed by atoms with E-state index in [0.29, 0.717) is 16.9 Å². The molecule has 20 heavy (non-hydrogen) atoms. The molecule has 4 nitrogen and oxygen atoms in total. The maximum atomic E-state index is 13.0. The molecular formula is C14H14FNO3S. The van der Waals surface area contributed by atoms with E-state index >= 15 is 0 Å². The summed E-state index contributed by atoms with van der Waals surface area (Å²) < 4.78 is 41.1. The number of hydrogen-bond acceptors (Lipinski definition) is 3. The van der Waals surface area contributed by atoms with Crippen LogP contribution in [0.2, 0.25) is 0 Å². The summed E-state index contributed by atoms with van der Waals surface area (Å²) in [5, 5.41) is 5.08. The fraction of sp³-hybridized carbons (Fsp3) is 0.143. The first-order valence-electron chi connectivity index (χ1n) is 5.87. The molecule has 0 heterocycles. The van der Waals surface area contributed by atoms with Crippen molar-refractivity contribution < 1.29 is 17.5 Å². The summed E-state index contributed by atoms with van der Waals surface area (Å²) in [7, 11) is -3.73. The maximum absolute atomic E-state index is 13.0. The molecule has 0 atom stereocenters. The summed E-state index contributed by atoms with van der Waals surface area (Å²) in [6, 6.07) is 10.6. The Bertz CT molecular complexity index is 729. The minimum atomic E-state index is -3.73. The zero-order valence-electron chi connectivity index (χ0n) is 10.8. The predicted octanol–water partition coefficient (Wildman–Crippen LogP) is 2.36. The van der Waals surface area contributed by atoms with Gasteiger partial charge in [0.05, 0.1) is 4.90 Å². The molecule has 0 aliphatic carbocycles. The summed E-state index contributed by atoms with van der Waals surface area (Å²) in [4.78, 5) is 0.0654. The van der Waals surface area contributed by atoms with Gasteiger partial charge in [-0.05, 0) is 48.4 Å². The highest BCUT2D eigenvalue weighted by Gasteiger charge is 2.11. The van der Waals surface area contributed by atoms with Gasteiger partial charge in [0.2, 0.25) is 10.0 Å². The molecular weight excluding hydrogens is 281 g/mol. The second-order valence-electron chi connectivity index (χ2n) is 4.39. The quantitative estimate of drug-likeness (QED) is 0.941. The Morgan fingerprint density at radius 3 is 2.55 bits per heavy atom. The van der Waals surface area contributed by atoms with E-state index in [1.54, 1.807) is 25.1 Å².